The number of nitriles is 1. The van der Waals surface area contributed by atoms with Crippen LogP contribution in [0.25, 0.3) is 11.4 Å². The molecule has 0 spiro atoms. The largest absolute Gasteiger partial charge is 0.337 e. The fraction of sp³-hybridized carbons (Fsp3) is 0.400. The van der Waals surface area contributed by atoms with E-state index in [1.807, 2.05) is 12.1 Å². The second kappa shape index (κ2) is 6.70. The van der Waals surface area contributed by atoms with Crippen LogP contribution in [-0.2, 0) is 0 Å². The number of hydrogen-bond donors (Lipinski definition) is 1. The summed E-state index contributed by atoms with van der Waals surface area (Å²) in [5.74, 6) is 1.17. The maximum Gasteiger partial charge on any atom is 0.244 e. The van der Waals surface area contributed by atoms with Crippen LogP contribution in [0.1, 0.15) is 43.7 Å². The van der Waals surface area contributed by atoms with E-state index in [2.05, 4.69) is 28.5 Å². The van der Waals surface area contributed by atoms with E-state index >= 15 is 0 Å². The van der Waals surface area contributed by atoms with Crippen molar-refractivity contribution in [2.24, 2.45) is 0 Å². The lowest BCUT2D eigenvalue weighted by molar-refractivity contribution is 0.267. The van der Waals surface area contributed by atoms with Crippen LogP contribution in [0.15, 0.2) is 28.8 Å². The van der Waals surface area contributed by atoms with Crippen LogP contribution in [0.2, 0.25) is 0 Å². The third-order valence-electron chi connectivity index (χ3n) is 3.61. The molecule has 1 aromatic carbocycles. The van der Waals surface area contributed by atoms with Crippen LogP contribution in [0.3, 0.4) is 0 Å². The second-order valence-corrected chi connectivity index (χ2v) is 5.20. The molecule has 1 N–H and O–H groups in total. The average Bonchev–Trinajstić information content (AvgIpc) is 2.97. The minimum atomic E-state index is 0. The fourth-order valence-corrected chi connectivity index (χ4v) is 2.55. The molecule has 2 unspecified atom stereocenters. The van der Waals surface area contributed by atoms with Crippen molar-refractivity contribution in [1.82, 2.24) is 15.5 Å². The summed E-state index contributed by atoms with van der Waals surface area (Å²) in [5, 5.41) is 16.4. The molecule has 0 aliphatic carbocycles. The monoisotopic (exact) mass is 304 g/mol. The molecule has 2 heterocycles. The summed E-state index contributed by atoms with van der Waals surface area (Å²) in [6.07, 6.45) is 3.37. The van der Waals surface area contributed by atoms with Gasteiger partial charge in [-0.25, -0.2) is 0 Å². The Hall–Kier alpha value is -1.90. The van der Waals surface area contributed by atoms with E-state index in [0.717, 1.165) is 12.0 Å². The smallest absolute Gasteiger partial charge is 0.244 e. The van der Waals surface area contributed by atoms with Crippen molar-refractivity contribution >= 4 is 12.4 Å². The summed E-state index contributed by atoms with van der Waals surface area (Å²) < 4.78 is 5.37. The maximum atomic E-state index is 8.92. The summed E-state index contributed by atoms with van der Waals surface area (Å²) in [7, 11) is 0. The number of hydrogen-bond acceptors (Lipinski definition) is 5. The van der Waals surface area contributed by atoms with E-state index < -0.39 is 0 Å². The number of piperidine rings is 1. The Kier molecular flexibility index (Phi) is 4.94. The zero-order valence-electron chi connectivity index (χ0n) is 11.7. The first-order valence-electron chi connectivity index (χ1n) is 6.86. The molecule has 6 heteroatoms. The summed E-state index contributed by atoms with van der Waals surface area (Å²) in [5.41, 5.74) is 1.40. The minimum absolute atomic E-state index is 0. The van der Waals surface area contributed by atoms with Crippen LogP contribution in [0.4, 0.5) is 0 Å². The zero-order valence-corrected chi connectivity index (χ0v) is 12.6. The van der Waals surface area contributed by atoms with Crippen molar-refractivity contribution in [2.75, 3.05) is 0 Å². The van der Waals surface area contributed by atoms with Crippen LogP contribution < -0.4 is 5.32 Å². The first kappa shape index (κ1) is 15.5. The molecule has 110 valence electrons. The van der Waals surface area contributed by atoms with Gasteiger partial charge in [-0.15, -0.1) is 12.4 Å². The SMILES string of the molecule is CC1CCCC(c2nc(-c3cccc(C#N)c3)no2)N1.Cl. The van der Waals surface area contributed by atoms with Gasteiger partial charge in [-0.3, -0.25) is 0 Å². The highest BCUT2D eigenvalue weighted by Crippen LogP contribution is 2.26. The van der Waals surface area contributed by atoms with Crippen molar-refractivity contribution in [1.29, 1.82) is 5.26 Å². The van der Waals surface area contributed by atoms with E-state index in [4.69, 9.17) is 9.78 Å². The highest BCUT2D eigenvalue weighted by molar-refractivity contribution is 5.85. The number of nitrogens with zero attached hydrogens (tertiary/aromatic N) is 3. The lowest BCUT2D eigenvalue weighted by atomic mass is 10.00. The summed E-state index contributed by atoms with van der Waals surface area (Å²) in [6.45, 7) is 2.17. The molecule has 0 bridgehead atoms. The molecule has 1 aromatic heterocycles. The molecule has 2 atom stereocenters. The van der Waals surface area contributed by atoms with Gasteiger partial charge in [0.25, 0.3) is 0 Å². The third kappa shape index (κ3) is 3.41. The Balaban J connectivity index is 0.00000161. The number of halogens is 1. The number of rotatable bonds is 2. The number of nitrogens with one attached hydrogen (secondary N) is 1. The Bertz CT molecular complexity index is 649. The third-order valence-corrected chi connectivity index (χ3v) is 3.61. The van der Waals surface area contributed by atoms with Gasteiger partial charge in [0.1, 0.15) is 0 Å². The Morgan fingerprint density at radius 2 is 2.24 bits per heavy atom. The van der Waals surface area contributed by atoms with Crippen LogP contribution >= 0.6 is 12.4 Å². The van der Waals surface area contributed by atoms with Gasteiger partial charge in [0.15, 0.2) is 0 Å². The first-order chi connectivity index (χ1) is 9.76. The van der Waals surface area contributed by atoms with Crippen LogP contribution in [0.5, 0.6) is 0 Å². The highest BCUT2D eigenvalue weighted by atomic mass is 35.5. The van der Waals surface area contributed by atoms with Gasteiger partial charge < -0.3 is 9.84 Å². The maximum absolute atomic E-state index is 8.92. The van der Waals surface area contributed by atoms with Crippen LogP contribution in [-0.4, -0.2) is 16.2 Å². The molecule has 1 aliphatic heterocycles. The van der Waals surface area contributed by atoms with Crippen molar-refractivity contribution in [3.8, 4) is 17.5 Å². The van der Waals surface area contributed by atoms with Crippen molar-refractivity contribution < 1.29 is 4.52 Å². The molecule has 1 saturated heterocycles. The molecule has 21 heavy (non-hydrogen) atoms. The van der Waals surface area contributed by atoms with E-state index in [9.17, 15) is 0 Å². The van der Waals surface area contributed by atoms with Crippen LogP contribution in [0, 0.1) is 11.3 Å². The van der Waals surface area contributed by atoms with Gasteiger partial charge in [-0.05, 0) is 38.3 Å². The Morgan fingerprint density at radius 1 is 1.38 bits per heavy atom. The van der Waals surface area contributed by atoms with E-state index in [1.54, 1.807) is 12.1 Å². The van der Waals surface area contributed by atoms with Gasteiger partial charge >= 0.3 is 0 Å². The normalized spacial score (nSPS) is 21.3. The zero-order chi connectivity index (χ0) is 13.9. The fourth-order valence-electron chi connectivity index (χ4n) is 2.55. The molecular formula is C15H17ClN4O. The summed E-state index contributed by atoms with van der Waals surface area (Å²) in [4.78, 5) is 4.46. The Labute approximate surface area is 129 Å². The molecular weight excluding hydrogens is 288 g/mol. The van der Waals surface area contributed by atoms with Crippen molar-refractivity contribution in [2.45, 2.75) is 38.3 Å². The van der Waals surface area contributed by atoms with E-state index in [1.165, 1.54) is 12.8 Å². The molecule has 0 amide bonds. The minimum Gasteiger partial charge on any atom is -0.337 e. The van der Waals surface area contributed by atoms with Crippen molar-refractivity contribution in [3.05, 3.63) is 35.7 Å². The number of benzene rings is 1. The molecule has 1 aliphatic rings. The quantitative estimate of drug-likeness (QED) is 0.922. The van der Waals surface area contributed by atoms with E-state index in [-0.39, 0.29) is 18.4 Å². The lowest BCUT2D eigenvalue weighted by Crippen LogP contribution is -2.34. The summed E-state index contributed by atoms with van der Waals surface area (Å²) >= 11 is 0. The lowest BCUT2D eigenvalue weighted by Gasteiger charge is -2.25. The molecule has 0 saturated carbocycles. The standard InChI is InChI=1S/C15H16N4O.ClH/c1-10-4-2-7-13(17-10)15-18-14(19-20-15)12-6-3-5-11(8-12)9-16;/h3,5-6,8,10,13,17H,2,4,7H2,1H3;1H. The molecule has 1 fully saturated rings. The van der Waals surface area contributed by atoms with Gasteiger partial charge in [-0.2, -0.15) is 10.2 Å². The topological polar surface area (TPSA) is 74.7 Å². The molecule has 3 rings (SSSR count). The molecule has 5 nitrogen and oxygen atoms in total. The van der Waals surface area contributed by atoms with Gasteiger partial charge in [0.05, 0.1) is 17.7 Å². The first-order valence-corrected chi connectivity index (χ1v) is 6.86. The Morgan fingerprint density at radius 3 is 3.00 bits per heavy atom. The van der Waals surface area contributed by atoms with Gasteiger partial charge in [0.2, 0.25) is 11.7 Å². The number of aromatic nitrogens is 2. The second-order valence-electron chi connectivity index (χ2n) is 5.20. The summed E-state index contributed by atoms with van der Waals surface area (Å²) in [6, 6.07) is 9.96. The molecule has 2 aromatic rings. The van der Waals surface area contributed by atoms with E-state index in [0.29, 0.717) is 23.3 Å². The average molecular weight is 305 g/mol. The van der Waals surface area contributed by atoms with Gasteiger partial charge in [-0.1, -0.05) is 17.3 Å². The highest BCUT2D eigenvalue weighted by Gasteiger charge is 2.24. The predicted molar refractivity (Wildman–Crippen MR) is 80.9 cm³/mol. The van der Waals surface area contributed by atoms with Gasteiger partial charge in [0, 0.05) is 11.6 Å². The predicted octanol–water partition coefficient (Wildman–Crippen LogP) is 3.23. The molecule has 0 radical (unpaired) electrons. The van der Waals surface area contributed by atoms with Crippen molar-refractivity contribution in [3.63, 3.8) is 0 Å².